The van der Waals surface area contributed by atoms with Crippen molar-refractivity contribution in [3.8, 4) is 0 Å². The number of aryl methyl sites for hydroxylation is 1. The first-order valence-corrected chi connectivity index (χ1v) is 10.2. The highest BCUT2D eigenvalue weighted by atomic mass is 35.5. The van der Waals surface area contributed by atoms with Gasteiger partial charge in [0.1, 0.15) is 11.7 Å². The summed E-state index contributed by atoms with van der Waals surface area (Å²) in [6.07, 6.45) is 0. The SMILES string of the molecule is COC(=O)c1ccc(CNc2cc(C(=N)N)ccc2CNC(=O)c2cccc(C)c2)c(F)c1.Cl. The van der Waals surface area contributed by atoms with Gasteiger partial charge in [-0.3, -0.25) is 10.2 Å². The Morgan fingerprint density at radius 2 is 1.68 bits per heavy atom. The van der Waals surface area contributed by atoms with E-state index in [4.69, 9.17) is 11.1 Å². The molecule has 0 fully saturated rings. The molecule has 0 heterocycles. The van der Waals surface area contributed by atoms with Crippen molar-refractivity contribution in [2.24, 2.45) is 5.73 Å². The van der Waals surface area contributed by atoms with Crippen LogP contribution in [-0.2, 0) is 17.8 Å². The van der Waals surface area contributed by atoms with Gasteiger partial charge in [-0.1, -0.05) is 35.9 Å². The van der Waals surface area contributed by atoms with Crippen molar-refractivity contribution in [1.82, 2.24) is 5.32 Å². The van der Waals surface area contributed by atoms with Crippen LogP contribution in [-0.4, -0.2) is 24.8 Å². The standard InChI is InChI=1S/C25H25FN4O3.ClH/c1-15-4-3-5-17(10-15)24(31)30-14-20-9-6-16(23(27)28)12-22(20)29-13-19-8-7-18(11-21(19)26)25(32)33-2;/h3-12,29H,13-14H2,1-2H3,(H3,27,28)(H,30,31);1H. The van der Waals surface area contributed by atoms with Crippen LogP contribution in [0.4, 0.5) is 10.1 Å². The Morgan fingerprint density at radius 1 is 0.971 bits per heavy atom. The molecular formula is C25H26ClFN4O3. The number of nitrogen functional groups attached to an aromatic ring is 1. The second kappa shape index (κ2) is 11.8. The van der Waals surface area contributed by atoms with E-state index in [0.29, 0.717) is 22.4 Å². The molecule has 0 aliphatic carbocycles. The van der Waals surface area contributed by atoms with Crippen molar-refractivity contribution < 1.29 is 18.7 Å². The number of amides is 1. The number of methoxy groups -OCH3 is 1. The topological polar surface area (TPSA) is 117 Å². The molecule has 3 aromatic carbocycles. The van der Waals surface area contributed by atoms with Gasteiger partial charge in [0.15, 0.2) is 0 Å². The van der Waals surface area contributed by atoms with Crippen LogP contribution in [0.3, 0.4) is 0 Å². The Kier molecular flexibility index (Phi) is 9.15. The molecule has 0 spiro atoms. The number of carbonyl (C=O) groups is 2. The Morgan fingerprint density at radius 3 is 2.32 bits per heavy atom. The number of hydrogen-bond acceptors (Lipinski definition) is 5. The highest BCUT2D eigenvalue weighted by molar-refractivity contribution is 5.96. The Balaban J connectivity index is 0.00000408. The van der Waals surface area contributed by atoms with Crippen LogP contribution in [0.15, 0.2) is 60.7 Å². The van der Waals surface area contributed by atoms with Gasteiger partial charge in [0.2, 0.25) is 0 Å². The first-order chi connectivity index (χ1) is 15.8. The molecule has 7 nitrogen and oxygen atoms in total. The van der Waals surface area contributed by atoms with Crippen molar-refractivity contribution >= 4 is 35.8 Å². The van der Waals surface area contributed by atoms with Crippen LogP contribution < -0.4 is 16.4 Å². The lowest BCUT2D eigenvalue weighted by Crippen LogP contribution is -2.23. The van der Waals surface area contributed by atoms with Crippen LogP contribution in [0.1, 0.15) is 43.0 Å². The van der Waals surface area contributed by atoms with Crippen molar-refractivity contribution in [3.63, 3.8) is 0 Å². The third kappa shape index (κ3) is 6.55. The Labute approximate surface area is 203 Å². The maximum atomic E-state index is 14.5. The number of esters is 1. The number of ether oxygens (including phenoxy) is 1. The molecule has 9 heteroatoms. The fraction of sp³-hybridized carbons (Fsp3) is 0.160. The molecule has 3 rings (SSSR count). The smallest absolute Gasteiger partial charge is 0.337 e. The summed E-state index contributed by atoms with van der Waals surface area (Å²) < 4.78 is 19.1. The molecule has 0 atom stereocenters. The average molecular weight is 485 g/mol. The molecule has 0 bridgehead atoms. The molecule has 0 saturated carbocycles. The van der Waals surface area contributed by atoms with Crippen LogP contribution in [0.2, 0.25) is 0 Å². The molecule has 0 saturated heterocycles. The number of anilines is 1. The number of amidine groups is 1. The lowest BCUT2D eigenvalue weighted by atomic mass is 10.1. The van der Waals surface area contributed by atoms with E-state index in [-0.39, 0.29) is 42.8 Å². The zero-order valence-electron chi connectivity index (χ0n) is 18.8. The molecule has 178 valence electrons. The van der Waals surface area contributed by atoms with Crippen molar-refractivity contribution in [2.45, 2.75) is 20.0 Å². The second-order valence-corrected chi connectivity index (χ2v) is 7.49. The number of halogens is 2. The third-order valence-electron chi connectivity index (χ3n) is 5.08. The quantitative estimate of drug-likeness (QED) is 0.217. The number of benzene rings is 3. The first-order valence-electron chi connectivity index (χ1n) is 10.2. The largest absolute Gasteiger partial charge is 0.465 e. The van der Waals surface area contributed by atoms with E-state index < -0.39 is 11.8 Å². The zero-order chi connectivity index (χ0) is 24.0. The molecular weight excluding hydrogens is 459 g/mol. The monoisotopic (exact) mass is 484 g/mol. The van der Waals surface area contributed by atoms with Crippen molar-refractivity contribution in [2.75, 3.05) is 12.4 Å². The van der Waals surface area contributed by atoms with E-state index in [1.165, 1.54) is 19.2 Å². The van der Waals surface area contributed by atoms with Crippen molar-refractivity contribution in [1.29, 1.82) is 5.41 Å². The predicted molar refractivity (Wildman–Crippen MR) is 132 cm³/mol. The van der Waals surface area contributed by atoms with Gasteiger partial charge in [-0.15, -0.1) is 12.4 Å². The molecule has 5 N–H and O–H groups in total. The van der Waals surface area contributed by atoms with Gasteiger partial charge in [-0.2, -0.15) is 0 Å². The highest BCUT2D eigenvalue weighted by Gasteiger charge is 2.12. The minimum atomic E-state index is -0.616. The van der Waals surface area contributed by atoms with E-state index in [2.05, 4.69) is 15.4 Å². The zero-order valence-corrected chi connectivity index (χ0v) is 19.6. The van der Waals surface area contributed by atoms with Gasteiger partial charge >= 0.3 is 5.97 Å². The summed E-state index contributed by atoms with van der Waals surface area (Å²) in [5, 5.41) is 13.7. The summed E-state index contributed by atoms with van der Waals surface area (Å²) in [7, 11) is 1.23. The van der Waals surface area contributed by atoms with Crippen molar-refractivity contribution in [3.05, 3.63) is 99.9 Å². The molecule has 34 heavy (non-hydrogen) atoms. The third-order valence-corrected chi connectivity index (χ3v) is 5.08. The first kappa shape index (κ1) is 26.3. The van der Waals surface area contributed by atoms with Gasteiger partial charge in [-0.05, 0) is 42.8 Å². The number of hydrogen-bond donors (Lipinski definition) is 4. The summed E-state index contributed by atoms with van der Waals surface area (Å²) in [5.41, 5.74) is 9.45. The maximum Gasteiger partial charge on any atom is 0.337 e. The summed E-state index contributed by atoms with van der Waals surface area (Å²) in [6.45, 7) is 2.25. The van der Waals surface area contributed by atoms with Crippen LogP contribution in [0, 0.1) is 18.2 Å². The molecule has 1 amide bonds. The van der Waals surface area contributed by atoms with E-state index in [9.17, 15) is 14.0 Å². The minimum absolute atomic E-state index is 0. The van der Waals surface area contributed by atoms with Gasteiger partial charge in [-0.25, -0.2) is 9.18 Å². The van der Waals surface area contributed by atoms with Crippen LogP contribution >= 0.6 is 12.4 Å². The van der Waals surface area contributed by atoms with Gasteiger partial charge in [0, 0.05) is 35.5 Å². The predicted octanol–water partition coefficient (Wildman–Crippen LogP) is 4.17. The molecule has 0 aliphatic heterocycles. The molecule has 3 aromatic rings. The summed E-state index contributed by atoms with van der Waals surface area (Å²) in [6, 6.07) is 16.5. The molecule has 0 aromatic heterocycles. The fourth-order valence-electron chi connectivity index (χ4n) is 3.25. The lowest BCUT2D eigenvalue weighted by molar-refractivity contribution is 0.0600. The molecule has 0 aliphatic rings. The van der Waals surface area contributed by atoms with E-state index >= 15 is 0 Å². The highest BCUT2D eigenvalue weighted by Crippen LogP contribution is 2.21. The number of nitrogens with one attached hydrogen (secondary N) is 3. The second-order valence-electron chi connectivity index (χ2n) is 7.49. The van der Waals surface area contributed by atoms with Gasteiger partial charge in [0.25, 0.3) is 5.91 Å². The van der Waals surface area contributed by atoms with Crippen LogP contribution in [0.5, 0.6) is 0 Å². The number of carbonyl (C=O) groups excluding carboxylic acids is 2. The minimum Gasteiger partial charge on any atom is -0.465 e. The summed E-state index contributed by atoms with van der Waals surface area (Å²) >= 11 is 0. The number of rotatable bonds is 8. The number of nitrogens with two attached hydrogens (primary N) is 1. The Bertz CT molecular complexity index is 1220. The van der Waals surface area contributed by atoms with E-state index in [0.717, 1.165) is 17.2 Å². The fourth-order valence-corrected chi connectivity index (χ4v) is 3.25. The Hall–Kier alpha value is -3.91. The lowest BCUT2D eigenvalue weighted by Gasteiger charge is -2.15. The average Bonchev–Trinajstić information content (AvgIpc) is 2.81. The summed E-state index contributed by atoms with van der Waals surface area (Å²) in [5.74, 6) is -1.50. The van der Waals surface area contributed by atoms with Crippen LogP contribution in [0.25, 0.3) is 0 Å². The van der Waals surface area contributed by atoms with Gasteiger partial charge < -0.3 is 21.1 Å². The molecule has 0 unspecified atom stereocenters. The van der Waals surface area contributed by atoms with E-state index in [1.807, 2.05) is 19.1 Å². The molecule has 0 radical (unpaired) electrons. The normalized spacial score (nSPS) is 10.1. The van der Waals surface area contributed by atoms with E-state index in [1.54, 1.807) is 30.3 Å². The summed E-state index contributed by atoms with van der Waals surface area (Å²) in [4.78, 5) is 24.1. The van der Waals surface area contributed by atoms with Gasteiger partial charge in [0.05, 0.1) is 12.7 Å². The maximum absolute atomic E-state index is 14.5.